The van der Waals surface area contributed by atoms with Gasteiger partial charge in [-0.25, -0.2) is 4.98 Å². The molecule has 1 aliphatic rings. The number of fused-ring (bicyclic) bond motifs is 1. The molecule has 3 rings (SSSR count). The van der Waals surface area contributed by atoms with Crippen molar-refractivity contribution >= 4 is 23.6 Å². The summed E-state index contributed by atoms with van der Waals surface area (Å²) in [6, 6.07) is 5.05. The molecule has 0 aromatic carbocycles. The standard InChI is InChI=1S/C20H25F3N6O/c1-2-25-11-13(10-24)19(30)27-15-8-6-14(7-9-15)26-17-4-3-5-18-28-16(12-29(17)18)20(21,22)23/h3-5,10-12,14-15,26H,2,6-9,24H2,1H3,(H,27,30)/b13-10+,25-11?. The predicted molar refractivity (Wildman–Crippen MR) is 109 cm³/mol. The summed E-state index contributed by atoms with van der Waals surface area (Å²) in [7, 11) is 0. The highest BCUT2D eigenvalue weighted by atomic mass is 19.4. The first-order chi connectivity index (χ1) is 14.3. The summed E-state index contributed by atoms with van der Waals surface area (Å²) in [5, 5.41) is 6.28. The molecular weight excluding hydrogens is 397 g/mol. The average molecular weight is 422 g/mol. The minimum Gasteiger partial charge on any atom is -0.404 e. The van der Waals surface area contributed by atoms with Crippen molar-refractivity contribution in [2.24, 2.45) is 10.7 Å². The molecular formula is C20H25F3N6O. The van der Waals surface area contributed by atoms with Crippen molar-refractivity contribution in [3.05, 3.63) is 41.9 Å². The third-order valence-electron chi connectivity index (χ3n) is 5.05. The number of imidazole rings is 1. The molecule has 0 radical (unpaired) electrons. The van der Waals surface area contributed by atoms with Gasteiger partial charge in [0, 0.05) is 37.2 Å². The van der Waals surface area contributed by atoms with Crippen molar-refractivity contribution in [1.82, 2.24) is 14.7 Å². The van der Waals surface area contributed by atoms with E-state index < -0.39 is 11.9 Å². The quantitative estimate of drug-likeness (QED) is 0.492. The number of alkyl halides is 3. The molecule has 0 saturated heterocycles. The Kier molecular flexibility index (Phi) is 6.63. The van der Waals surface area contributed by atoms with Crippen molar-refractivity contribution < 1.29 is 18.0 Å². The highest BCUT2D eigenvalue weighted by Gasteiger charge is 2.34. The molecule has 0 unspecified atom stereocenters. The Morgan fingerprint density at radius 3 is 2.63 bits per heavy atom. The van der Waals surface area contributed by atoms with Gasteiger partial charge in [-0.2, -0.15) is 13.2 Å². The van der Waals surface area contributed by atoms with Gasteiger partial charge in [0.25, 0.3) is 5.91 Å². The number of hydrogen-bond donors (Lipinski definition) is 3. The number of nitrogens with two attached hydrogens (primary N) is 1. The van der Waals surface area contributed by atoms with E-state index in [2.05, 4.69) is 20.6 Å². The largest absolute Gasteiger partial charge is 0.434 e. The van der Waals surface area contributed by atoms with Crippen molar-refractivity contribution in [1.29, 1.82) is 0 Å². The van der Waals surface area contributed by atoms with Crippen LogP contribution in [0, 0.1) is 0 Å². The summed E-state index contributed by atoms with van der Waals surface area (Å²) in [6.45, 7) is 2.43. The zero-order chi connectivity index (χ0) is 21.7. The highest BCUT2D eigenvalue weighted by molar-refractivity contribution is 6.12. The van der Waals surface area contributed by atoms with E-state index in [-0.39, 0.29) is 23.6 Å². The average Bonchev–Trinajstić information content (AvgIpc) is 3.16. The number of nitrogens with zero attached hydrogens (tertiary/aromatic N) is 3. The monoisotopic (exact) mass is 422 g/mol. The van der Waals surface area contributed by atoms with Crippen molar-refractivity contribution in [2.45, 2.75) is 50.9 Å². The maximum atomic E-state index is 13.0. The number of amides is 1. The molecule has 7 nitrogen and oxygen atoms in total. The van der Waals surface area contributed by atoms with Gasteiger partial charge in [-0.15, -0.1) is 0 Å². The second-order valence-corrected chi connectivity index (χ2v) is 7.18. The van der Waals surface area contributed by atoms with Gasteiger partial charge in [0.1, 0.15) is 11.5 Å². The molecule has 1 aliphatic carbocycles. The molecule has 2 aromatic rings. The fourth-order valence-electron chi connectivity index (χ4n) is 3.49. The lowest BCUT2D eigenvalue weighted by atomic mass is 9.91. The fourth-order valence-corrected chi connectivity index (χ4v) is 3.49. The van der Waals surface area contributed by atoms with Crippen LogP contribution in [0.3, 0.4) is 0 Å². The lowest BCUT2D eigenvalue weighted by Gasteiger charge is -2.30. The minimum absolute atomic E-state index is 0.0152. The molecule has 10 heteroatoms. The van der Waals surface area contributed by atoms with E-state index in [0.29, 0.717) is 17.9 Å². The van der Waals surface area contributed by atoms with Crippen LogP contribution in [-0.4, -0.2) is 40.1 Å². The first-order valence-corrected chi connectivity index (χ1v) is 9.86. The lowest BCUT2D eigenvalue weighted by molar-refractivity contribution is -0.140. The number of anilines is 1. The third-order valence-corrected chi connectivity index (χ3v) is 5.05. The van der Waals surface area contributed by atoms with Crippen LogP contribution in [0.15, 0.2) is 41.2 Å². The molecule has 1 saturated carbocycles. The van der Waals surface area contributed by atoms with E-state index in [1.807, 2.05) is 6.92 Å². The second-order valence-electron chi connectivity index (χ2n) is 7.18. The number of nitrogens with one attached hydrogen (secondary N) is 2. The van der Waals surface area contributed by atoms with E-state index in [9.17, 15) is 18.0 Å². The molecule has 1 amide bonds. The summed E-state index contributed by atoms with van der Waals surface area (Å²) in [4.78, 5) is 20.0. The van der Waals surface area contributed by atoms with Crippen LogP contribution < -0.4 is 16.4 Å². The summed E-state index contributed by atoms with van der Waals surface area (Å²) in [5.41, 5.74) is 5.14. The predicted octanol–water partition coefficient (Wildman–Crippen LogP) is 3.13. The summed E-state index contributed by atoms with van der Waals surface area (Å²) >= 11 is 0. The van der Waals surface area contributed by atoms with Gasteiger partial charge in [-0.05, 0) is 44.7 Å². The molecule has 30 heavy (non-hydrogen) atoms. The first kappa shape index (κ1) is 21.7. The SMILES string of the molecule is CCN=C/C(=C\N)C(=O)NC1CCC(Nc2cccc3nc(C(F)(F)F)cn23)CC1. The van der Waals surface area contributed by atoms with E-state index in [0.717, 1.165) is 31.9 Å². The summed E-state index contributed by atoms with van der Waals surface area (Å²) in [5.74, 6) is 0.307. The number of rotatable bonds is 6. The number of pyridine rings is 1. The molecule has 162 valence electrons. The van der Waals surface area contributed by atoms with Gasteiger partial charge in [0.2, 0.25) is 0 Å². The molecule has 0 aliphatic heterocycles. The Hall–Kier alpha value is -3.04. The maximum absolute atomic E-state index is 13.0. The van der Waals surface area contributed by atoms with E-state index >= 15 is 0 Å². The Morgan fingerprint density at radius 2 is 2.00 bits per heavy atom. The van der Waals surface area contributed by atoms with Crippen LogP contribution in [0.2, 0.25) is 0 Å². The molecule has 0 bridgehead atoms. The number of carbonyl (C=O) groups excluding carboxylic acids is 1. The van der Waals surface area contributed by atoms with E-state index in [4.69, 9.17) is 5.73 Å². The van der Waals surface area contributed by atoms with Crippen LogP contribution in [-0.2, 0) is 11.0 Å². The zero-order valence-electron chi connectivity index (χ0n) is 16.6. The van der Waals surface area contributed by atoms with Crippen LogP contribution in [0.5, 0.6) is 0 Å². The zero-order valence-corrected chi connectivity index (χ0v) is 16.6. The van der Waals surface area contributed by atoms with Gasteiger partial charge < -0.3 is 16.4 Å². The maximum Gasteiger partial charge on any atom is 0.434 e. The van der Waals surface area contributed by atoms with Gasteiger partial charge in [0.05, 0.1) is 5.57 Å². The first-order valence-electron chi connectivity index (χ1n) is 9.86. The minimum atomic E-state index is -4.49. The molecule has 2 aromatic heterocycles. The highest BCUT2D eigenvalue weighted by Crippen LogP contribution is 2.30. The van der Waals surface area contributed by atoms with Gasteiger partial charge in [-0.1, -0.05) is 6.07 Å². The van der Waals surface area contributed by atoms with Gasteiger partial charge in [-0.3, -0.25) is 14.2 Å². The van der Waals surface area contributed by atoms with E-state index in [1.54, 1.807) is 12.1 Å². The lowest BCUT2D eigenvalue weighted by Crippen LogP contribution is -2.41. The number of halogens is 3. The molecule has 2 heterocycles. The van der Waals surface area contributed by atoms with Crippen LogP contribution >= 0.6 is 0 Å². The Balaban J connectivity index is 1.59. The Bertz CT molecular complexity index is 942. The number of aliphatic imine (C=N–C) groups is 1. The molecule has 4 N–H and O–H groups in total. The molecule has 0 atom stereocenters. The third kappa shape index (κ3) is 5.11. The van der Waals surface area contributed by atoms with Gasteiger partial charge >= 0.3 is 6.18 Å². The van der Waals surface area contributed by atoms with Crippen LogP contribution in [0.4, 0.5) is 19.0 Å². The van der Waals surface area contributed by atoms with Crippen LogP contribution in [0.1, 0.15) is 38.3 Å². The number of hydrogen-bond acceptors (Lipinski definition) is 5. The normalized spacial score (nSPS) is 20.6. The number of carbonyl (C=O) groups is 1. The van der Waals surface area contributed by atoms with Crippen molar-refractivity contribution in [3.63, 3.8) is 0 Å². The molecule has 1 fully saturated rings. The van der Waals surface area contributed by atoms with E-state index in [1.165, 1.54) is 22.9 Å². The summed E-state index contributed by atoms with van der Waals surface area (Å²) in [6.07, 6.45) is 2.26. The Labute approximate surface area is 172 Å². The Morgan fingerprint density at radius 1 is 1.30 bits per heavy atom. The molecule has 0 spiro atoms. The second kappa shape index (κ2) is 9.19. The topological polar surface area (TPSA) is 96.8 Å². The number of aromatic nitrogens is 2. The summed E-state index contributed by atoms with van der Waals surface area (Å²) < 4.78 is 40.3. The van der Waals surface area contributed by atoms with Gasteiger partial charge in [0.15, 0.2) is 5.69 Å². The van der Waals surface area contributed by atoms with Crippen LogP contribution in [0.25, 0.3) is 5.65 Å². The fraction of sp³-hybridized carbons (Fsp3) is 0.450. The smallest absolute Gasteiger partial charge is 0.404 e. The van der Waals surface area contributed by atoms with Crippen molar-refractivity contribution in [3.8, 4) is 0 Å². The van der Waals surface area contributed by atoms with Crippen molar-refractivity contribution in [2.75, 3.05) is 11.9 Å².